The van der Waals surface area contributed by atoms with Gasteiger partial charge in [0.15, 0.2) is 0 Å². The monoisotopic (exact) mass is 294 g/mol. The molecule has 2 bridgehead atoms. The van der Waals surface area contributed by atoms with Gasteiger partial charge in [-0.1, -0.05) is 0 Å². The molecule has 3 fully saturated rings. The van der Waals surface area contributed by atoms with Crippen LogP contribution in [0.2, 0.25) is 0 Å². The van der Waals surface area contributed by atoms with Crippen molar-refractivity contribution >= 4 is 17.8 Å². The average Bonchev–Trinajstić information content (AvgIpc) is 2.78. The zero-order chi connectivity index (χ0) is 15.0. The summed E-state index contributed by atoms with van der Waals surface area (Å²) < 4.78 is 0. The first-order valence-electron chi connectivity index (χ1n) is 7.88. The predicted molar refractivity (Wildman–Crippen MR) is 74.4 cm³/mol. The van der Waals surface area contributed by atoms with Crippen LogP contribution in [-0.4, -0.2) is 46.4 Å². The van der Waals surface area contributed by atoms with Gasteiger partial charge in [0.2, 0.25) is 11.8 Å². The van der Waals surface area contributed by atoms with Gasteiger partial charge in [0.25, 0.3) is 0 Å². The summed E-state index contributed by atoms with van der Waals surface area (Å²) in [4.78, 5) is 37.3. The molecular formula is C15H22N2O4. The number of nitrogens with one attached hydrogen (secondary N) is 1. The van der Waals surface area contributed by atoms with Gasteiger partial charge < -0.3 is 15.3 Å². The van der Waals surface area contributed by atoms with Crippen LogP contribution in [0.15, 0.2) is 0 Å². The van der Waals surface area contributed by atoms with Crippen LogP contribution in [-0.2, 0) is 14.4 Å². The molecule has 0 radical (unpaired) electrons. The van der Waals surface area contributed by atoms with Gasteiger partial charge in [-0.05, 0) is 38.5 Å². The number of amides is 2. The molecule has 0 aromatic rings. The minimum atomic E-state index is -0.745. The van der Waals surface area contributed by atoms with Crippen LogP contribution in [0.3, 0.4) is 0 Å². The molecular weight excluding hydrogens is 272 g/mol. The van der Waals surface area contributed by atoms with Gasteiger partial charge >= 0.3 is 5.97 Å². The third kappa shape index (κ3) is 2.76. The summed E-state index contributed by atoms with van der Waals surface area (Å²) in [5, 5.41) is 11.9. The standard InChI is InChI=1S/C15H22N2O4/c18-13-7-11-5-6-12(8-16-13)17(11)14(19)9-1-3-10(4-2-9)15(20)21/h9-12H,1-8H2,(H,16,18)(H,20,21). The Morgan fingerprint density at radius 1 is 1.00 bits per heavy atom. The zero-order valence-corrected chi connectivity index (χ0v) is 12.1. The molecule has 1 saturated carbocycles. The van der Waals surface area contributed by atoms with Crippen LogP contribution >= 0.6 is 0 Å². The summed E-state index contributed by atoms with van der Waals surface area (Å²) in [7, 11) is 0. The van der Waals surface area contributed by atoms with E-state index in [9.17, 15) is 14.4 Å². The number of carbonyl (C=O) groups excluding carboxylic acids is 2. The Kier molecular flexibility index (Phi) is 3.87. The van der Waals surface area contributed by atoms with Gasteiger partial charge in [-0.2, -0.15) is 0 Å². The van der Waals surface area contributed by atoms with Gasteiger partial charge in [-0.25, -0.2) is 0 Å². The number of fused-ring (bicyclic) bond motifs is 2. The predicted octanol–water partition coefficient (Wildman–Crippen LogP) is 0.757. The van der Waals surface area contributed by atoms with Gasteiger partial charge in [-0.15, -0.1) is 0 Å². The third-order valence-electron chi connectivity index (χ3n) is 5.26. The summed E-state index contributed by atoms with van der Waals surface area (Å²) in [6, 6.07) is 0.174. The second-order valence-electron chi connectivity index (χ2n) is 6.53. The SMILES string of the molecule is O=C1CC2CCC(CN1)N2C(=O)C1CCC(C(=O)O)CC1. The van der Waals surface area contributed by atoms with Gasteiger partial charge in [0, 0.05) is 31.0 Å². The van der Waals surface area contributed by atoms with Crippen molar-refractivity contribution in [3.63, 3.8) is 0 Å². The van der Waals surface area contributed by atoms with E-state index in [2.05, 4.69) is 5.32 Å². The molecule has 2 heterocycles. The Hall–Kier alpha value is -1.59. The highest BCUT2D eigenvalue weighted by atomic mass is 16.4. The van der Waals surface area contributed by atoms with E-state index in [-0.39, 0.29) is 35.7 Å². The molecule has 0 aromatic carbocycles. The number of hydrogen-bond donors (Lipinski definition) is 2. The van der Waals surface area contributed by atoms with E-state index < -0.39 is 5.97 Å². The highest BCUT2D eigenvalue weighted by Crippen LogP contribution is 2.35. The van der Waals surface area contributed by atoms with Gasteiger partial charge in [0.05, 0.1) is 5.92 Å². The number of rotatable bonds is 2. The Labute approximate surface area is 123 Å². The molecule has 1 aliphatic carbocycles. The van der Waals surface area contributed by atoms with E-state index in [0.29, 0.717) is 38.6 Å². The summed E-state index contributed by atoms with van der Waals surface area (Å²) in [5.74, 6) is -0.919. The summed E-state index contributed by atoms with van der Waals surface area (Å²) in [5.41, 5.74) is 0. The summed E-state index contributed by atoms with van der Waals surface area (Å²) >= 11 is 0. The Balaban J connectivity index is 1.65. The van der Waals surface area contributed by atoms with Crippen LogP contribution in [0.4, 0.5) is 0 Å². The van der Waals surface area contributed by atoms with Crippen molar-refractivity contribution < 1.29 is 19.5 Å². The molecule has 6 heteroatoms. The number of carbonyl (C=O) groups is 3. The molecule has 0 spiro atoms. The Morgan fingerprint density at radius 2 is 1.62 bits per heavy atom. The quantitative estimate of drug-likeness (QED) is 0.787. The van der Waals surface area contributed by atoms with Crippen molar-refractivity contribution in [3.8, 4) is 0 Å². The fraction of sp³-hybridized carbons (Fsp3) is 0.800. The zero-order valence-electron chi connectivity index (χ0n) is 12.1. The van der Waals surface area contributed by atoms with E-state index in [1.165, 1.54) is 0 Å². The van der Waals surface area contributed by atoms with Crippen molar-refractivity contribution in [2.45, 2.75) is 57.0 Å². The fourth-order valence-electron chi connectivity index (χ4n) is 4.04. The maximum atomic E-state index is 12.8. The van der Waals surface area contributed by atoms with Crippen LogP contribution in [0.25, 0.3) is 0 Å². The maximum Gasteiger partial charge on any atom is 0.306 e. The Bertz CT molecular complexity index is 457. The molecule has 21 heavy (non-hydrogen) atoms. The molecule has 2 amide bonds. The van der Waals surface area contributed by atoms with Gasteiger partial charge in [0.1, 0.15) is 0 Å². The first-order chi connectivity index (χ1) is 10.1. The lowest BCUT2D eigenvalue weighted by Crippen LogP contribution is -2.46. The molecule has 3 rings (SSSR count). The van der Waals surface area contributed by atoms with Crippen LogP contribution < -0.4 is 5.32 Å². The topological polar surface area (TPSA) is 86.7 Å². The molecule has 0 aromatic heterocycles. The number of carboxylic acids is 1. The minimum absolute atomic E-state index is 0.0367. The maximum absolute atomic E-state index is 12.8. The minimum Gasteiger partial charge on any atom is -0.481 e. The van der Waals surface area contributed by atoms with E-state index in [0.717, 1.165) is 12.8 Å². The van der Waals surface area contributed by atoms with Crippen LogP contribution in [0.1, 0.15) is 44.9 Å². The van der Waals surface area contributed by atoms with E-state index in [1.54, 1.807) is 0 Å². The lowest BCUT2D eigenvalue weighted by Gasteiger charge is -2.34. The molecule has 6 nitrogen and oxygen atoms in total. The summed E-state index contributed by atoms with van der Waals surface area (Å²) in [6.45, 7) is 0.561. The molecule has 2 N–H and O–H groups in total. The first-order valence-corrected chi connectivity index (χ1v) is 7.88. The molecule has 2 saturated heterocycles. The molecule has 116 valence electrons. The number of carboxylic acid groups (broad SMARTS) is 1. The third-order valence-corrected chi connectivity index (χ3v) is 5.26. The highest BCUT2D eigenvalue weighted by Gasteiger charge is 2.43. The van der Waals surface area contributed by atoms with Gasteiger partial charge in [-0.3, -0.25) is 14.4 Å². The van der Waals surface area contributed by atoms with E-state index in [1.807, 2.05) is 4.90 Å². The van der Waals surface area contributed by atoms with Crippen molar-refractivity contribution in [3.05, 3.63) is 0 Å². The number of hydrogen-bond acceptors (Lipinski definition) is 3. The first kappa shape index (κ1) is 14.4. The lowest BCUT2D eigenvalue weighted by molar-refractivity contribution is -0.146. The fourth-order valence-corrected chi connectivity index (χ4v) is 4.04. The highest BCUT2D eigenvalue weighted by molar-refractivity contribution is 5.83. The van der Waals surface area contributed by atoms with Crippen molar-refractivity contribution in [1.29, 1.82) is 0 Å². The average molecular weight is 294 g/mol. The molecule has 2 aliphatic heterocycles. The molecule has 3 aliphatic rings. The molecule has 2 unspecified atom stereocenters. The smallest absolute Gasteiger partial charge is 0.306 e. The second kappa shape index (κ2) is 5.66. The van der Waals surface area contributed by atoms with Crippen molar-refractivity contribution in [1.82, 2.24) is 10.2 Å². The largest absolute Gasteiger partial charge is 0.481 e. The van der Waals surface area contributed by atoms with Crippen molar-refractivity contribution in [2.75, 3.05) is 6.54 Å². The van der Waals surface area contributed by atoms with E-state index in [4.69, 9.17) is 5.11 Å². The number of aliphatic carboxylic acids is 1. The second-order valence-corrected chi connectivity index (χ2v) is 6.53. The van der Waals surface area contributed by atoms with E-state index >= 15 is 0 Å². The van der Waals surface area contributed by atoms with Crippen LogP contribution in [0.5, 0.6) is 0 Å². The Morgan fingerprint density at radius 3 is 2.29 bits per heavy atom. The molecule has 2 atom stereocenters. The summed E-state index contributed by atoms with van der Waals surface area (Å²) in [6.07, 6.45) is 4.78. The normalized spacial score (nSPS) is 36.0. The van der Waals surface area contributed by atoms with Crippen molar-refractivity contribution in [2.24, 2.45) is 11.8 Å². The number of nitrogens with zero attached hydrogens (tertiary/aromatic N) is 1. The van der Waals surface area contributed by atoms with Crippen LogP contribution in [0, 0.1) is 11.8 Å². The lowest BCUT2D eigenvalue weighted by atomic mass is 9.81.